The van der Waals surface area contributed by atoms with Crippen LogP contribution in [0.1, 0.15) is 23.5 Å². The van der Waals surface area contributed by atoms with Crippen LogP contribution < -0.4 is 26.4 Å². The second-order valence-corrected chi connectivity index (χ2v) is 6.59. The predicted octanol–water partition coefficient (Wildman–Crippen LogP) is 1.48. The molecule has 0 saturated carbocycles. The summed E-state index contributed by atoms with van der Waals surface area (Å²) >= 11 is 0. The third-order valence-electron chi connectivity index (χ3n) is 4.37. The third kappa shape index (κ3) is 7.35. The number of benzene rings is 2. The molecule has 1 atom stereocenters. The highest BCUT2D eigenvalue weighted by Crippen LogP contribution is 2.21. The van der Waals surface area contributed by atoms with Crippen molar-refractivity contribution in [3.63, 3.8) is 0 Å². The van der Waals surface area contributed by atoms with E-state index in [1.165, 1.54) is 7.11 Å². The summed E-state index contributed by atoms with van der Waals surface area (Å²) in [6.45, 7) is -0.0488. The van der Waals surface area contributed by atoms with Crippen LogP contribution in [0.2, 0.25) is 0 Å². The van der Waals surface area contributed by atoms with Gasteiger partial charge in [0.1, 0.15) is 11.6 Å². The largest absolute Gasteiger partial charge is 0.497 e. The Morgan fingerprint density at radius 3 is 2.45 bits per heavy atom. The van der Waals surface area contributed by atoms with Crippen LogP contribution in [0.3, 0.4) is 0 Å². The normalized spacial score (nSPS) is 11.1. The standard InChI is InChI=1S/C21H25N5O5/c1-31-16-4-2-3-14(11-16)17(20(29)24-10-9-18(27)28)12-25-21(30)26-15-7-5-13(6-8-15)19(22)23/h2-8,11,17H,9-10,12H2,1H3,(H3,22,23)(H,24,29)(H,27,28)(H2,25,26,30). The van der Waals surface area contributed by atoms with Crippen LogP contribution in [0.15, 0.2) is 48.5 Å². The first-order valence-corrected chi connectivity index (χ1v) is 9.43. The summed E-state index contributed by atoms with van der Waals surface area (Å²) in [7, 11) is 1.50. The van der Waals surface area contributed by atoms with Crippen LogP contribution in [0.4, 0.5) is 10.5 Å². The molecular weight excluding hydrogens is 402 g/mol. The van der Waals surface area contributed by atoms with Crippen molar-refractivity contribution in [3.8, 4) is 5.75 Å². The van der Waals surface area contributed by atoms with Crippen LogP contribution in [-0.4, -0.2) is 49.0 Å². The fourth-order valence-corrected chi connectivity index (χ4v) is 2.74. The van der Waals surface area contributed by atoms with Gasteiger partial charge < -0.3 is 31.5 Å². The number of nitrogen functional groups attached to an aromatic ring is 1. The molecule has 0 saturated heterocycles. The Hall–Kier alpha value is -4.08. The van der Waals surface area contributed by atoms with Gasteiger partial charge in [-0.25, -0.2) is 4.79 Å². The van der Waals surface area contributed by atoms with Crippen molar-refractivity contribution >= 4 is 29.4 Å². The Kier molecular flexibility index (Phi) is 8.38. The molecule has 0 radical (unpaired) electrons. The molecule has 31 heavy (non-hydrogen) atoms. The molecule has 0 fully saturated rings. The van der Waals surface area contributed by atoms with Gasteiger partial charge in [0.05, 0.1) is 19.4 Å². The molecule has 10 heteroatoms. The molecule has 0 aromatic heterocycles. The molecular formula is C21H25N5O5. The number of hydrogen-bond acceptors (Lipinski definition) is 5. The van der Waals surface area contributed by atoms with E-state index in [0.29, 0.717) is 22.6 Å². The second kappa shape index (κ2) is 11.2. The van der Waals surface area contributed by atoms with Crippen LogP contribution in [0.25, 0.3) is 0 Å². The van der Waals surface area contributed by atoms with Crippen molar-refractivity contribution in [2.75, 3.05) is 25.5 Å². The first kappa shape index (κ1) is 23.2. The zero-order valence-electron chi connectivity index (χ0n) is 17.0. The van der Waals surface area contributed by atoms with Crippen molar-refractivity contribution in [1.29, 1.82) is 5.41 Å². The van der Waals surface area contributed by atoms with Crippen molar-refractivity contribution in [2.24, 2.45) is 5.73 Å². The lowest BCUT2D eigenvalue weighted by molar-refractivity contribution is -0.136. The fraction of sp³-hybridized carbons (Fsp3) is 0.238. The number of carboxylic acids is 1. The number of amides is 3. The highest BCUT2D eigenvalue weighted by Gasteiger charge is 2.22. The number of carbonyl (C=O) groups is 3. The molecule has 0 bridgehead atoms. The van der Waals surface area contributed by atoms with Crippen LogP contribution >= 0.6 is 0 Å². The molecule has 7 N–H and O–H groups in total. The summed E-state index contributed by atoms with van der Waals surface area (Å²) in [6.07, 6.45) is -0.208. The number of nitrogens with one attached hydrogen (secondary N) is 4. The Bertz CT molecular complexity index is 945. The number of aliphatic carboxylic acids is 1. The molecule has 0 aliphatic rings. The zero-order chi connectivity index (χ0) is 22.8. The Morgan fingerprint density at radius 2 is 1.84 bits per heavy atom. The van der Waals surface area contributed by atoms with E-state index in [4.69, 9.17) is 21.0 Å². The maximum Gasteiger partial charge on any atom is 0.319 e. The quantitative estimate of drug-likeness (QED) is 0.248. The number of methoxy groups -OCH3 is 1. The van der Waals surface area contributed by atoms with Crippen LogP contribution in [-0.2, 0) is 9.59 Å². The smallest absolute Gasteiger partial charge is 0.319 e. The Balaban J connectivity index is 2.05. The van der Waals surface area contributed by atoms with Crippen molar-refractivity contribution in [3.05, 3.63) is 59.7 Å². The van der Waals surface area contributed by atoms with Gasteiger partial charge in [-0.2, -0.15) is 0 Å². The van der Waals surface area contributed by atoms with Gasteiger partial charge in [-0.05, 0) is 42.0 Å². The average Bonchev–Trinajstić information content (AvgIpc) is 2.74. The minimum absolute atomic E-state index is 0.0244. The molecule has 3 amide bonds. The summed E-state index contributed by atoms with van der Waals surface area (Å²) in [4.78, 5) is 35.6. The van der Waals surface area contributed by atoms with Crippen LogP contribution in [0, 0.1) is 5.41 Å². The van der Waals surface area contributed by atoms with E-state index >= 15 is 0 Å². The lowest BCUT2D eigenvalue weighted by Gasteiger charge is -2.19. The number of rotatable bonds is 10. The molecule has 2 rings (SSSR count). The lowest BCUT2D eigenvalue weighted by Crippen LogP contribution is -2.39. The second-order valence-electron chi connectivity index (χ2n) is 6.59. The predicted molar refractivity (Wildman–Crippen MR) is 115 cm³/mol. The Morgan fingerprint density at radius 1 is 1.13 bits per heavy atom. The molecule has 10 nitrogen and oxygen atoms in total. The molecule has 164 valence electrons. The number of carboxylic acid groups (broad SMARTS) is 1. The van der Waals surface area contributed by atoms with Gasteiger partial charge in [-0.1, -0.05) is 12.1 Å². The maximum atomic E-state index is 12.6. The fourth-order valence-electron chi connectivity index (χ4n) is 2.74. The topological polar surface area (TPSA) is 167 Å². The van der Waals surface area contributed by atoms with Gasteiger partial charge in [-0.15, -0.1) is 0 Å². The van der Waals surface area contributed by atoms with Crippen molar-refractivity contribution in [1.82, 2.24) is 10.6 Å². The zero-order valence-corrected chi connectivity index (χ0v) is 17.0. The van der Waals surface area contributed by atoms with Crippen LogP contribution in [0.5, 0.6) is 5.75 Å². The number of hydrogen-bond donors (Lipinski definition) is 6. The number of carbonyl (C=O) groups excluding carboxylic acids is 2. The number of urea groups is 1. The van der Waals surface area contributed by atoms with Crippen molar-refractivity contribution < 1.29 is 24.2 Å². The number of nitrogens with two attached hydrogens (primary N) is 1. The van der Waals surface area contributed by atoms with E-state index in [9.17, 15) is 14.4 Å². The van der Waals surface area contributed by atoms with E-state index in [0.717, 1.165) is 0 Å². The highest BCUT2D eigenvalue weighted by atomic mass is 16.5. The third-order valence-corrected chi connectivity index (χ3v) is 4.37. The summed E-state index contributed by atoms with van der Waals surface area (Å²) in [5.41, 5.74) is 7.04. The molecule has 2 aromatic carbocycles. The first-order chi connectivity index (χ1) is 14.8. The van der Waals surface area contributed by atoms with Gasteiger partial charge in [0, 0.05) is 24.3 Å². The van der Waals surface area contributed by atoms with E-state index < -0.39 is 23.8 Å². The molecule has 0 spiro atoms. The number of amidine groups is 1. The minimum atomic E-state index is -1.02. The van der Waals surface area contributed by atoms with Gasteiger partial charge in [-0.3, -0.25) is 15.0 Å². The summed E-state index contributed by atoms with van der Waals surface area (Å²) in [5.74, 6) is -1.72. The first-order valence-electron chi connectivity index (χ1n) is 9.43. The van der Waals surface area contributed by atoms with E-state index in [1.54, 1.807) is 48.5 Å². The lowest BCUT2D eigenvalue weighted by atomic mass is 9.97. The molecule has 0 aliphatic carbocycles. The minimum Gasteiger partial charge on any atom is -0.497 e. The van der Waals surface area contributed by atoms with E-state index in [2.05, 4.69) is 16.0 Å². The van der Waals surface area contributed by atoms with Crippen molar-refractivity contribution in [2.45, 2.75) is 12.3 Å². The maximum absolute atomic E-state index is 12.6. The highest BCUT2D eigenvalue weighted by molar-refractivity contribution is 5.96. The monoisotopic (exact) mass is 427 g/mol. The van der Waals surface area contributed by atoms with E-state index in [1.807, 2.05) is 0 Å². The Labute approximate surface area is 179 Å². The van der Waals surface area contributed by atoms with Gasteiger partial charge in [0.25, 0.3) is 0 Å². The van der Waals surface area contributed by atoms with Gasteiger partial charge >= 0.3 is 12.0 Å². The number of ether oxygens (including phenoxy) is 1. The summed E-state index contributed by atoms with van der Waals surface area (Å²) in [6, 6.07) is 12.8. The SMILES string of the molecule is COc1cccc(C(CNC(=O)Nc2ccc(C(=N)N)cc2)C(=O)NCCC(=O)O)c1. The summed E-state index contributed by atoms with van der Waals surface area (Å²) in [5, 5.41) is 24.0. The van der Waals surface area contributed by atoms with Gasteiger partial charge in [0.2, 0.25) is 5.91 Å². The molecule has 2 aromatic rings. The summed E-state index contributed by atoms with van der Waals surface area (Å²) < 4.78 is 5.20. The molecule has 1 unspecified atom stereocenters. The van der Waals surface area contributed by atoms with Gasteiger partial charge in [0.15, 0.2) is 0 Å². The molecule has 0 aliphatic heterocycles. The average molecular weight is 427 g/mol. The molecule has 0 heterocycles. The number of anilines is 1. The van der Waals surface area contributed by atoms with E-state index in [-0.39, 0.29) is 25.3 Å².